The number of likely N-dealkylation sites (N-methyl/N-ethyl adjacent to an activating group) is 1. The molecule has 1 unspecified atom stereocenters. The molecule has 1 atom stereocenters. The molecule has 0 aliphatic heterocycles. The van der Waals surface area contributed by atoms with Crippen LogP contribution < -0.4 is 4.72 Å². The molecular weight excluding hydrogens is 222 g/mol. The van der Waals surface area contributed by atoms with Gasteiger partial charge >= 0.3 is 0 Å². The first kappa shape index (κ1) is 12.8. The van der Waals surface area contributed by atoms with Crippen LogP contribution >= 0.6 is 0 Å². The van der Waals surface area contributed by atoms with Crippen molar-refractivity contribution >= 4 is 11.0 Å². The summed E-state index contributed by atoms with van der Waals surface area (Å²) in [6.07, 6.45) is 0. The quantitative estimate of drug-likeness (QED) is 0.821. The van der Waals surface area contributed by atoms with Crippen molar-refractivity contribution in [3.63, 3.8) is 0 Å². The van der Waals surface area contributed by atoms with E-state index in [0.29, 0.717) is 17.0 Å². The lowest BCUT2D eigenvalue weighted by Crippen LogP contribution is -2.27. The first-order chi connectivity index (χ1) is 7.63. The number of rotatable bonds is 5. The highest BCUT2D eigenvalue weighted by atomic mass is 32.2. The zero-order chi connectivity index (χ0) is 12.0. The Kier molecular flexibility index (Phi) is 5.12. The maximum Gasteiger partial charge on any atom is 0.124 e. The van der Waals surface area contributed by atoms with Crippen LogP contribution in [0.5, 0.6) is 0 Å². The Labute approximate surface area is 98.5 Å². The van der Waals surface area contributed by atoms with Crippen molar-refractivity contribution in [3.05, 3.63) is 29.8 Å². The van der Waals surface area contributed by atoms with Crippen LogP contribution in [0.4, 0.5) is 0 Å². The lowest BCUT2D eigenvalue weighted by Gasteiger charge is -2.09. The molecule has 0 saturated heterocycles. The van der Waals surface area contributed by atoms with Crippen LogP contribution in [0.15, 0.2) is 29.2 Å². The van der Waals surface area contributed by atoms with E-state index in [-0.39, 0.29) is 0 Å². The summed E-state index contributed by atoms with van der Waals surface area (Å²) in [5, 5.41) is 8.62. The molecule has 1 aromatic carbocycles. The van der Waals surface area contributed by atoms with Gasteiger partial charge in [0.05, 0.1) is 16.5 Å². The van der Waals surface area contributed by atoms with Gasteiger partial charge < -0.3 is 4.90 Å². The van der Waals surface area contributed by atoms with Gasteiger partial charge in [-0.05, 0) is 38.4 Å². The summed E-state index contributed by atoms with van der Waals surface area (Å²) in [5.74, 6) is 0. The Morgan fingerprint density at radius 3 is 2.50 bits per heavy atom. The SMILES string of the molecule is CN(C)CCNS(=O)c1ccc(C#N)cc1. The minimum Gasteiger partial charge on any atom is -0.308 e. The molecule has 1 aromatic rings. The minimum absolute atomic E-state index is 0.578. The topological polar surface area (TPSA) is 56.1 Å². The van der Waals surface area contributed by atoms with Crippen LogP contribution in [0.1, 0.15) is 5.56 Å². The molecule has 0 saturated carbocycles. The zero-order valence-corrected chi connectivity index (χ0v) is 10.3. The largest absolute Gasteiger partial charge is 0.308 e. The van der Waals surface area contributed by atoms with Gasteiger partial charge in [-0.2, -0.15) is 5.26 Å². The average molecular weight is 237 g/mol. The van der Waals surface area contributed by atoms with Crippen LogP contribution in [-0.4, -0.2) is 36.3 Å². The number of hydrogen-bond acceptors (Lipinski definition) is 3. The van der Waals surface area contributed by atoms with E-state index >= 15 is 0 Å². The summed E-state index contributed by atoms with van der Waals surface area (Å²) in [7, 11) is 2.73. The molecule has 0 radical (unpaired) electrons. The molecule has 0 aliphatic carbocycles. The highest BCUT2D eigenvalue weighted by Crippen LogP contribution is 2.06. The standard InChI is InChI=1S/C11H15N3OS/c1-14(2)8-7-13-16(15)11-5-3-10(9-12)4-6-11/h3-6,13H,7-8H2,1-2H3. The van der Waals surface area contributed by atoms with Gasteiger partial charge in [-0.25, -0.2) is 8.93 Å². The van der Waals surface area contributed by atoms with Crippen molar-refractivity contribution < 1.29 is 4.21 Å². The van der Waals surface area contributed by atoms with Gasteiger partial charge in [0.25, 0.3) is 0 Å². The molecule has 0 fully saturated rings. The Bertz CT molecular complexity index is 395. The Balaban J connectivity index is 2.50. The predicted molar refractivity (Wildman–Crippen MR) is 64.1 cm³/mol. The molecule has 5 heteroatoms. The maximum absolute atomic E-state index is 11.7. The zero-order valence-electron chi connectivity index (χ0n) is 9.43. The molecule has 0 amide bonds. The predicted octanol–water partition coefficient (Wildman–Crippen LogP) is 0.732. The van der Waals surface area contributed by atoms with E-state index in [9.17, 15) is 4.21 Å². The van der Waals surface area contributed by atoms with Gasteiger partial charge in [0.15, 0.2) is 0 Å². The maximum atomic E-state index is 11.7. The lowest BCUT2D eigenvalue weighted by molar-refractivity contribution is 0.414. The smallest absolute Gasteiger partial charge is 0.124 e. The van der Waals surface area contributed by atoms with Gasteiger partial charge in [0.1, 0.15) is 11.0 Å². The molecule has 0 spiro atoms. The van der Waals surface area contributed by atoms with Crippen LogP contribution in [0, 0.1) is 11.3 Å². The summed E-state index contributed by atoms with van der Waals surface area (Å²) < 4.78 is 14.6. The summed E-state index contributed by atoms with van der Waals surface area (Å²) >= 11 is 0. The lowest BCUT2D eigenvalue weighted by atomic mass is 10.2. The summed E-state index contributed by atoms with van der Waals surface area (Å²) in [6, 6.07) is 8.77. The number of nitriles is 1. The Hall–Kier alpha value is -1.22. The Morgan fingerprint density at radius 2 is 2.00 bits per heavy atom. The van der Waals surface area contributed by atoms with Crippen LogP contribution in [0.25, 0.3) is 0 Å². The van der Waals surface area contributed by atoms with E-state index in [2.05, 4.69) is 4.72 Å². The van der Waals surface area contributed by atoms with E-state index in [1.54, 1.807) is 24.3 Å². The highest BCUT2D eigenvalue weighted by Gasteiger charge is 2.02. The molecule has 4 nitrogen and oxygen atoms in total. The molecule has 16 heavy (non-hydrogen) atoms. The second-order valence-electron chi connectivity index (χ2n) is 3.60. The van der Waals surface area contributed by atoms with Gasteiger partial charge in [-0.15, -0.1) is 0 Å². The molecule has 1 rings (SSSR count). The van der Waals surface area contributed by atoms with Crippen molar-refractivity contribution in [2.75, 3.05) is 27.2 Å². The fourth-order valence-corrected chi connectivity index (χ4v) is 1.92. The fraction of sp³-hybridized carbons (Fsp3) is 0.364. The van der Waals surface area contributed by atoms with Crippen LogP contribution in [-0.2, 0) is 11.0 Å². The molecule has 0 heterocycles. The summed E-state index contributed by atoms with van der Waals surface area (Å²) in [5.41, 5.74) is 0.578. The Morgan fingerprint density at radius 1 is 1.38 bits per heavy atom. The van der Waals surface area contributed by atoms with Gasteiger partial charge in [-0.3, -0.25) is 0 Å². The van der Waals surface area contributed by atoms with Crippen molar-refractivity contribution in [3.8, 4) is 6.07 Å². The van der Waals surface area contributed by atoms with Crippen molar-refractivity contribution in [1.82, 2.24) is 9.62 Å². The van der Waals surface area contributed by atoms with E-state index in [4.69, 9.17) is 5.26 Å². The van der Waals surface area contributed by atoms with Gasteiger partial charge in [0.2, 0.25) is 0 Å². The number of hydrogen-bond donors (Lipinski definition) is 1. The minimum atomic E-state index is -1.20. The van der Waals surface area contributed by atoms with Gasteiger partial charge in [0, 0.05) is 13.1 Å². The van der Waals surface area contributed by atoms with E-state index in [0.717, 1.165) is 6.54 Å². The van der Waals surface area contributed by atoms with Crippen LogP contribution in [0.2, 0.25) is 0 Å². The normalized spacial score (nSPS) is 12.4. The fourth-order valence-electron chi connectivity index (χ4n) is 1.10. The highest BCUT2D eigenvalue weighted by molar-refractivity contribution is 7.83. The molecular formula is C11H15N3OS. The third kappa shape index (κ3) is 4.11. The molecule has 0 bridgehead atoms. The first-order valence-corrected chi connectivity index (χ1v) is 6.08. The molecule has 86 valence electrons. The monoisotopic (exact) mass is 237 g/mol. The van der Waals surface area contributed by atoms with E-state index in [1.807, 2.05) is 25.1 Å². The third-order valence-corrected chi connectivity index (χ3v) is 3.16. The van der Waals surface area contributed by atoms with Crippen LogP contribution in [0.3, 0.4) is 0 Å². The molecule has 0 aliphatic rings. The third-order valence-electron chi connectivity index (χ3n) is 1.99. The van der Waals surface area contributed by atoms with E-state index < -0.39 is 11.0 Å². The molecule has 1 N–H and O–H groups in total. The second kappa shape index (κ2) is 6.38. The number of nitrogens with one attached hydrogen (secondary N) is 1. The number of benzene rings is 1. The van der Waals surface area contributed by atoms with Crippen molar-refractivity contribution in [2.45, 2.75) is 4.90 Å². The average Bonchev–Trinajstić information content (AvgIpc) is 2.28. The number of nitrogens with zero attached hydrogens (tertiary/aromatic N) is 2. The van der Waals surface area contributed by atoms with Crippen molar-refractivity contribution in [2.24, 2.45) is 0 Å². The van der Waals surface area contributed by atoms with E-state index in [1.165, 1.54) is 0 Å². The summed E-state index contributed by atoms with van der Waals surface area (Å²) in [4.78, 5) is 2.71. The second-order valence-corrected chi connectivity index (χ2v) is 4.90. The van der Waals surface area contributed by atoms with Crippen molar-refractivity contribution in [1.29, 1.82) is 5.26 Å². The summed E-state index contributed by atoms with van der Waals surface area (Å²) in [6.45, 7) is 1.50. The molecule has 0 aromatic heterocycles. The first-order valence-electron chi connectivity index (χ1n) is 4.93. The van der Waals surface area contributed by atoms with Gasteiger partial charge in [-0.1, -0.05) is 0 Å².